The van der Waals surface area contributed by atoms with Gasteiger partial charge in [0.25, 0.3) is 10.0 Å². The highest BCUT2D eigenvalue weighted by Crippen LogP contribution is 2.36. The molecule has 3 aromatic carbocycles. The number of fused-ring (bicyclic) bond motifs is 1. The number of anilines is 1. The van der Waals surface area contributed by atoms with Gasteiger partial charge in [0, 0.05) is 25.2 Å². The fraction of sp³-hybridized carbons (Fsp3) is 0.174. The first-order valence-electron chi connectivity index (χ1n) is 9.91. The van der Waals surface area contributed by atoms with E-state index in [1.165, 1.54) is 21.3 Å². The molecule has 1 heterocycles. The molecule has 0 saturated carbocycles. The number of sulfonamides is 1. The Labute approximate surface area is 196 Å². The third kappa shape index (κ3) is 4.29. The Bertz CT molecular complexity index is 1520. The molecule has 172 valence electrons. The minimum Gasteiger partial charge on any atom is -0.497 e. The molecule has 0 unspecified atom stereocenters. The van der Waals surface area contributed by atoms with Gasteiger partial charge < -0.3 is 9.47 Å². The molecule has 0 amide bonds. The number of rotatable bonds is 6. The number of aromatic nitrogens is 2. The van der Waals surface area contributed by atoms with Crippen LogP contribution in [0.1, 0.15) is 5.56 Å². The molecular weight excluding hydrogens is 466 g/mol. The third-order valence-corrected chi connectivity index (χ3v) is 7.09. The van der Waals surface area contributed by atoms with E-state index >= 15 is 0 Å². The second kappa shape index (κ2) is 8.49. The second-order valence-electron chi connectivity index (χ2n) is 7.53. The minimum absolute atomic E-state index is 0.0874. The summed E-state index contributed by atoms with van der Waals surface area (Å²) >= 11 is 5.99. The standard InChI is InChI=1S/C23H22ClN3O5S/c1-14-11-15(24)5-10-22(14)33(29,30)25-18-12-19-20(27(3)23(28)26(19)2)13-21(18)32-17-8-6-16(31-4)7-9-17/h5-13,25H,1-4H3. The van der Waals surface area contributed by atoms with Crippen LogP contribution < -0.4 is 19.9 Å². The van der Waals surface area contributed by atoms with Gasteiger partial charge in [-0.1, -0.05) is 11.6 Å². The van der Waals surface area contributed by atoms with Crippen molar-refractivity contribution in [1.29, 1.82) is 0 Å². The van der Waals surface area contributed by atoms with Gasteiger partial charge >= 0.3 is 5.69 Å². The van der Waals surface area contributed by atoms with Gasteiger partial charge in [0.1, 0.15) is 11.5 Å². The highest BCUT2D eigenvalue weighted by atomic mass is 35.5. The van der Waals surface area contributed by atoms with Gasteiger partial charge in [-0.3, -0.25) is 13.9 Å². The summed E-state index contributed by atoms with van der Waals surface area (Å²) in [5.74, 6) is 1.37. The molecular formula is C23H22ClN3O5S. The Kier molecular flexibility index (Phi) is 5.85. The van der Waals surface area contributed by atoms with E-state index in [1.807, 2.05) is 0 Å². The van der Waals surface area contributed by atoms with E-state index in [2.05, 4.69) is 4.72 Å². The molecule has 1 N–H and O–H groups in total. The first kappa shape index (κ1) is 22.8. The molecule has 0 bridgehead atoms. The highest BCUT2D eigenvalue weighted by Gasteiger charge is 2.22. The number of imidazole rings is 1. The molecule has 0 aliphatic carbocycles. The Morgan fingerprint density at radius 2 is 1.52 bits per heavy atom. The van der Waals surface area contributed by atoms with Gasteiger partial charge in [0.05, 0.1) is 28.7 Å². The number of halogens is 1. The fourth-order valence-electron chi connectivity index (χ4n) is 3.58. The van der Waals surface area contributed by atoms with Crippen molar-refractivity contribution in [2.45, 2.75) is 11.8 Å². The zero-order valence-electron chi connectivity index (χ0n) is 18.4. The van der Waals surface area contributed by atoms with Gasteiger partial charge in [-0.25, -0.2) is 13.2 Å². The van der Waals surface area contributed by atoms with Crippen LogP contribution in [-0.4, -0.2) is 24.7 Å². The number of methoxy groups -OCH3 is 1. The van der Waals surface area contributed by atoms with Crippen molar-refractivity contribution in [3.05, 3.63) is 75.7 Å². The summed E-state index contributed by atoms with van der Waals surface area (Å²) in [6.07, 6.45) is 0. The Hall–Kier alpha value is -3.43. The fourth-order valence-corrected chi connectivity index (χ4v) is 5.09. The molecule has 1 aromatic heterocycles. The van der Waals surface area contributed by atoms with Crippen LogP contribution in [-0.2, 0) is 24.1 Å². The molecule has 0 spiro atoms. The number of aryl methyl sites for hydroxylation is 3. The largest absolute Gasteiger partial charge is 0.497 e. The van der Waals surface area contributed by atoms with Crippen LogP contribution in [0.25, 0.3) is 11.0 Å². The number of hydrogen-bond acceptors (Lipinski definition) is 5. The van der Waals surface area contributed by atoms with Gasteiger partial charge in [-0.15, -0.1) is 0 Å². The molecule has 0 aliphatic heterocycles. The summed E-state index contributed by atoms with van der Waals surface area (Å²) < 4.78 is 43.1. The minimum atomic E-state index is -3.97. The van der Waals surface area contributed by atoms with Crippen LogP contribution >= 0.6 is 11.6 Å². The van der Waals surface area contributed by atoms with E-state index in [-0.39, 0.29) is 22.0 Å². The number of benzene rings is 3. The maximum atomic E-state index is 13.2. The van der Waals surface area contributed by atoms with Crippen LogP contribution in [0.15, 0.2) is 64.3 Å². The molecule has 33 heavy (non-hydrogen) atoms. The molecule has 0 radical (unpaired) electrons. The third-order valence-electron chi connectivity index (χ3n) is 5.33. The van der Waals surface area contributed by atoms with E-state index < -0.39 is 10.0 Å². The molecule has 8 nitrogen and oxygen atoms in total. The van der Waals surface area contributed by atoms with Gasteiger partial charge in [-0.05, 0) is 61.0 Å². The molecule has 0 aliphatic rings. The molecule has 0 fully saturated rings. The van der Waals surface area contributed by atoms with Crippen LogP contribution in [0.4, 0.5) is 5.69 Å². The van der Waals surface area contributed by atoms with Gasteiger partial charge in [0.15, 0.2) is 5.75 Å². The first-order chi connectivity index (χ1) is 15.6. The van der Waals surface area contributed by atoms with Crippen LogP contribution in [0.2, 0.25) is 5.02 Å². The quantitative estimate of drug-likeness (QED) is 0.434. The van der Waals surface area contributed by atoms with Crippen molar-refractivity contribution >= 4 is 38.3 Å². The average Bonchev–Trinajstić information content (AvgIpc) is 2.97. The van der Waals surface area contributed by atoms with Gasteiger partial charge in [0.2, 0.25) is 0 Å². The SMILES string of the molecule is COc1ccc(Oc2cc3c(cc2NS(=O)(=O)c2ccc(Cl)cc2C)n(C)c(=O)n3C)cc1. The zero-order valence-corrected chi connectivity index (χ0v) is 20.0. The smallest absolute Gasteiger partial charge is 0.328 e. The zero-order chi connectivity index (χ0) is 23.9. The number of nitrogens with one attached hydrogen (secondary N) is 1. The second-order valence-corrected chi connectivity index (χ2v) is 9.62. The van der Waals surface area contributed by atoms with E-state index in [9.17, 15) is 13.2 Å². The van der Waals surface area contributed by atoms with Crippen LogP contribution in [0.3, 0.4) is 0 Å². The van der Waals surface area contributed by atoms with Crippen LogP contribution in [0, 0.1) is 6.92 Å². The lowest BCUT2D eigenvalue weighted by Crippen LogP contribution is -2.19. The molecule has 0 atom stereocenters. The molecule has 10 heteroatoms. The lowest BCUT2D eigenvalue weighted by Gasteiger charge is -2.16. The molecule has 0 saturated heterocycles. The summed E-state index contributed by atoms with van der Waals surface area (Å²) in [6, 6.07) is 14.6. The summed E-state index contributed by atoms with van der Waals surface area (Å²) in [4.78, 5) is 12.5. The number of ether oxygens (including phenoxy) is 2. The Morgan fingerprint density at radius 3 is 2.12 bits per heavy atom. The van der Waals surface area contributed by atoms with Crippen molar-refractivity contribution in [3.8, 4) is 17.2 Å². The summed E-state index contributed by atoms with van der Waals surface area (Å²) in [5.41, 5.74) is 1.59. The van der Waals surface area contributed by atoms with E-state index in [0.717, 1.165) is 0 Å². The van der Waals surface area contributed by atoms with Crippen molar-refractivity contribution in [2.75, 3.05) is 11.8 Å². The van der Waals surface area contributed by atoms with E-state index in [4.69, 9.17) is 21.1 Å². The highest BCUT2D eigenvalue weighted by molar-refractivity contribution is 7.92. The molecule has 4 aromatic rings. The predicted molar refractivity (Wildman–Crippen MR) is 128 cm³/mol. The normalized spacial score (nSPS) is 11.5. The Morgan fingerprint density at radius 1 is 0.909 bits per heavy atom. The van der Waals surface area contributed by atoms with E-state index in [0.29, 0.717) is 33.1 Å². The monoisotopic (exact) mass is 487 g/mol. The first-order valence-corrected chi connectivity index (χ1v) is 11.8. The number of nitrogens with zero attached hydrogens (tertiary/aromatic N) is 2. The topological polar surface area (TPSA) is 91.6 Å². The van der Waals surface area contributed by atoms with Crippen molar-refractivity contribution in [1.82, 2.24) is 9.13 Å². The van der Waals surface area contributed by atoms with Gasteiger partial charge in [-0.2, -0.15) is 0 Å². The van der Waals surface area contributed by atoms with Crippen molar-refractivity contribution in [3.63, 3.8) is 0 Å². The van der Waals surface area contributed by atoms with Crippen molar-refractivity contribution < 1.29 is 17.9 Å². The lowest BCUT2D eigenvalue weighted by atomic mass is 10.2. The summed E-state index contributed by atoms with van der Waals surface area (Å²) in [7, 11) is 0.850. The number of hydrogen-bond donors (Lipinski definition) is 1. The van der Waals surface area contributed by atoms with Crippen LogP contribution in [0.5, 0.6) is 17.2 Å². The maximum Gasteiger partial charge on any atom is 0.328 e. The van der Waals surface area contributed by atoms with E-state index in [1.54, 1.807) is 70.6 Å². The molecule has 4 rings (SSSR count). The predicted octanol–water partition coefficient (Wildman–Crippen LogP) is 4.44. The van der Waals surface area contributed by atoms with Crippen molar-refractivity contribution in [2.24, 2.45) is 14.1 Å². The Balaban J connectivity index is 1.84. The average molecular weight is 488 g/mol. The maximum absolute atomic E-state index is 13.2. The lowest BCUT2D eigenvalue weighted by molar-refractivity contribution is 0.413. The summed E-state index contributed by atoms with van der Waals surface area (Å²) in [6.45, 7) is 1.67. The summed E-state index contributed by atoms with van der Waals surface area (Å²) in [5, 5.41) is 0.440.